The number of allylic oxidation sites excluding steroid dienone is 1. The Hall–Kier alpha value is -4.02. The van der Waals surface area contributed by atoms with E-state index in [0.717, 1.165) is 25.7 Å². The summed E-state index contributed by atoms with van der Waals surface area (Å²) in [6.07, 6.45) is 0.670. The second kappa shape index (κ2) is 9.25. The molecule has 1 aliphatic heterocycles. The Labute approximate surface area is 234 Å². The average molecular weight is 569 g/mol. The Morgan fingerprint density at radius 2 is 1.98 bits per heavy atom. The summed E-state index contributed by atoms with van der Waals surface area (Å²) in [7, 11) is 0. The number of ether oxygens (including phenoxy) is 1. The van der Waals surface area contributed by atoms with Gasteiger partial charge in [0.05, 0.1) is 22.2 Å². The van der Waals surface area contributed by atoms with Crippen LogP contribution in [0.25, 0.3) is 16.7 Å². The van der Waals surface area contributed by atoms with Gasteiger partial charge in [0.1, 0.15) is 17.1 Å². The van der Waals surface area contributed by atoms with E-state index in [9.17, 15) is 22.8 Å². The number of nitrogens with one attached hydrogen (secondary N) is 3. The van der Waals surface area contributed by atoms with Gasteiger partial charge in [-0.25, -0.2) is 0 Å². The van der Waals surface area contributed by atoms with Crippen LogP contribution in [-0.4, -0.2) is 52.7 Å². The smallest absolute Gasteiger partial charge is 0.394 e. The number of rotatable bonds is 7. The van der Waals surface area contributed by atoms with Crippen molar-refractivity contribution in [2.45, 2.75) is 58.2 Å². The summed E-state index contributed by atoms with van der Waals surface area (Å²) in [6.45, 7) is 7.02. The fraction of sp³-hybridized carbons (Fsp3) is 0.433. The number of carbonyl (C=O) groups excluding carboxylic acids is 2. The van der Waals surface area contributed by atoms with E-state index in [4.69, 9.17) is 14.6 Å². The molecule has 1 aromatic carbocycles. The summed E-state index contributed by atoms with van der Waals surface area (Å²) >= 11 is 0. The van der Waals surface area contributed by atoms with Gasteiger partial charge in [0.2, 0.25) is 0 Å². The van der Waals surface area contributed by atoms with Crippen LogP contribution in [0.5, 0.6) is 5.75 Å². The van der Waals surface area contributed by atoms with Crippen LogP contribution in [0, 0.1) is 30.6 Å². The molecule has 4 aliphatic rings. The second-order valence-corrected chi connectivity index (χ2v) is 11.9. The number of amides is 2. The first kappa shape index (κ1) is 27.2. The molecule has 0 spiro atoms. The van der Waals surface area contributed by atoms with Gasteiger partial charge in [0.25, 0.3) is 11.8 Å². The summed E-state index contributed by atoms with van der Waals surface area (Å²) in [5.41, 5.74) is 0.0242. The Morgan fingerprint density at radius 1 is 1.24 bits per heavy atom. The number of hydrogen-bond donors (Lipinski definition) is 3. The highest BCUT2D eigenvalue weighted by molar-refractivity contribution is 6.08. The first-order valence-electron chi connectivity index (χ1n) is 13.6. The molecule has 4 fully saturated rings. The molecule has 2 bridgehead atoms. The quantitative estimate of drug-likeness (QED) is 0.235. The van der Waals surface area contributed by atoms with E-state index in [1.807, 2.05) is 11.8 Å². The van der Waals surface area contributed by atoms with Crippen molar-refractivity contribution in [3.05, 3.63) is 58.6 Å². The standard InChI is InChI=1S/C30H31F3N4O4/c1-16-7-9-37(12-16)27(39)21-11-35-25(17(21)2)22(6-8-34)41-19-4-5-20-23(10-19)40-18(3)24(20)26(38)36-29-13-28(14-29,15-29)30(31,32)33/h4-6,8,10-11,16,34-35H,7,9,12-15H2,1-3H3,(H,36,38)/b22-6+,34-8?. The zero-order valence-electron chi connectivity index (χ0n) is 23.0. The van der Waals surface area contributed by atoms with Crippen LogP contribution in [0.15, 0.2) is 34.9 Å². The summed E-state index contributed by atoms with van der Waals surface area (Å²) in [4.78, 5) is 31.2. The predicted octanol–water partition coefficient (Wildman–Crippen LogP) is 6.14. The van der Waals surface area contributed by atoms with Gasteiger partial charge in [-0.15, -0.1) is 0 Å². The van der Waals surface area contributed by atoms with Gasteiger partial charge >= 0.3 is 6.18 Å². The van der Waals surface area contributed by atoms with Crippen LogP contribution in [0.2, 0.25) is 0 Å². The fourth-order valence-electron chi connectivity index (χ4n) is 6.70. The number of H-pyrrole nitrogens is 1. The number of likely N-dealkylation sites (tertiary alicyclic amines) is 1. The van der Waals surface area contributed by atoms with E-state index in [1.165, 1.54) is 6.08 Å². The molecular weight excluding hydrogens is 537 g/mol. The molecular formula is C30H31F3N4O4. The molecule has 216 valence electrons. The molecule has 41 heavy (non-hydrogen) atoms. The second-order valence-electron chi connectivity index (χ2n) is 11.9. The number of benzene rings is 1. The number of alkyl halides is 3. The molecule has 3 aliphatic carbocycles. The van der Waals surface area contributed by atoms with Gasteiger partial charge < -0.3 is 29.8 Å². The zero-order chi connectivity index (χ0) is 29.3. The Balaban J connectivity index is 1.20. The number of nitrogens with zero attached hydrogens (tertiary/aromatic N) is 1. The van der Waals surface area contributed by atoms with Crippen molar-refractivity contribution < 1.29 is 31.9 Å². The Kier molecular flexibility index (Phi) is 6.13. The number of halogens is 3. The molecule has 3 aromatic rings. The van der Waals surface area contributed by atoms with Gasteiger partial charge in [-0.3, -0.25) is 9.59 Å². The van der Waals surface area contributed by atoms with Crippen LogP contribution in [0.4, 0.5) is 13.2 Å². The van der Waals surface area contributed by atoms with Crippen LogP contribution >= 0.6 is 0 Å². The first-order chi connectivity index (χ1) is 19.4. The minimum absolute atomic E-state index is 0.0470. The molecule has 3 saturated carbocycles. The molecule has 0 radical (unpaired) electrons. The van der Waals surface area contributed by atoms with Crippen molar-refractivity contribution in [2.24, 2.45) is 11.3 Å². The highest BCUT2D eigenvalue weighted by atomic mass is 19.4. The molecule has 7 rings (SSSR count). The molecule has 2 amide bonds. The summed E-state index contributed by atoms with van der Waals surface area (Å²) in [5.74, 6) is 1.02. The number of aromatic amines is 1. The number of hydrogen-bond acceptors (Lipinski definition) is 5. The van der Waals surface area contributed by atoms with E-state index < -0.39 is 23.0 Å². The largest absolute Gasteiger partial charge is 0.460 e. The van der Waals surface area contributed by atoms with Crippen LogP contribution in [0.1, 0.15) is 70.3 Å². The highest BCUT2D eigenvalue weighted by Gasteiger charge is 2.79. The predicted molar refractivity (Wildman–Crippen MR) is 146 cm³/mol. The monoisotopic (exact) mass is 568 g/mol. The lowest BCUT2D eigenvalue weighted by Gasteiger charge is -2.70. The number of carbonyl (C=O) groups is 2. The maximum atomic E-state index is 13.2. The van der Waals surface area contributed by atoms with E-state index in [1.54, 1.807) is 31.3 Å². The third kappa shape index (κ3) is 4.33. The number of aromatic nitrogens is 1. The third-order valence-electron chi connectivity index (χ3n) is 8.87. The molecule has 11 heteroatoms. The summed E-state index contributed by atoms with van der Waals surface area (Å²) in [6, 6.07) is 4.94. The summed E-state index contributed by atoms with van der Waals surface area (Å²) in [5, 5.41) is 11.0. The van der Waals surface area contributed by atoms with Gasteiger partial charge in [-0.1, -0.05) is 6.92 Å². The highest BCUT2D eigenvalue weighted by Crippen LogP contribution is 2.73. The van der Waals surface area contributed by atoms with Crippen molar-refractivity contribution >= 4 is 34.8 Å². The van der Waals surface area contributed by atoms with Gasteiger partial charge in [0, 0.05) is 48.6 Å². The van der Waals surface area contributed by atoms with E-state index in [0.29, 0.717) is 51.0 Å². The number of furan rings is 1. The zero-order valence-corrected chi connectivity index (χ0v) is 23.0. The maximum Gasteiger partial charge on any atom is 0.394 e. The number of fused-ring (bicyclic) bond motifs is 1. The summed E-state index contributed by atoms with van der Waals surface area (Å²) < 4.78 is 51.6. The Bertz CT molecular complexity index is 1600. The van der Waals surface area contributed by atoms with Crippen molar-refractivity contribution in [1.29, 1.82) is 5.41 Å². The van der Waals surface area contributed by atoms with E-state index in [-0.39, 0.29) is 30.7 Å². The molecule has 3 heterocycles. The first-order valence-corrected chi connectivity index (χ1v) is 13.6. The third-order valence-corrected chi connectivity index (χ3v) is 8.87. The van der Waals surface area contributed by atoms with Gasteiger partial charge in [-0.05, 0) is 63.1 Å². The molecule has 1 unspecified atom stereocenters. The molecule has 1 atom stereocenters. The topological polar surface area (TPSA) is 111 Å². The molecule has 2 aromatic heterocycles. The van der Waals surface area contributed by atoms with Crippen LogP contribution in [0.3, 0.4) is 0 Å². The Morgan fingerprint density at radius 3 is 2.61 bits per heavy atom. The minimum Gasteiger partial charge on any atom is -0.460 e. The lowest BCUT2D eigenvalue weighted by atomic mass is 9.39. The van der Waals surface area contributed by atoms with E-state index >= 15 is 0 Å². The lowest BCUT2D eigenvalue weighted by Crippen LogP contribution is -2.78. The average Bonchev–Trinajstić information content (AvgIpc) is 3.54. The van der Waals surface area contributed by atoms with Gasteiger partial charge in [-0.2, -0.15) is 13.2 Å². The van der Waals surface area contributed by atoms with Crippen LogP contribution in [-0.2, 0) is 0 Å². The minimum atomic E-state index is -4.25. The van der Waals surface area contributed by atoms with Gasteiger partial charge in [0.15, 0.2) is 5.76 Å². The molecule has 3 N–H and O–H groups in total. The van der Waals surface area contributed by atoms with Crippen molar-refractivity contribution in [1.82, 2.24) is 15.2 Å². The van der Waals surface area contributed by atoms with Crippen molar-refractivity contribution in [2.75, 3.05) is 13.1 Å². The normalized spacial score (nSPS) is 25.6. The fourth-order valence-corrected chi connectivity index (χ4v) is 6.70. The maximum absolute atomic E-state index is 13.2. The van der Waals surface area contributed by atoms with Crippen molar-refractivity contribution in [3.63, 3.8) is 0 Å². The lowest BCUT2D eigenvalue weighted by molar-refractivity contribution is -0.336. The SMILES string of the molecule is Cc1oc2cc(O/C(=C/C=N)c3[nH]cc(C(=O)N4CCC(C)C4)c3C)ccc2c1C(=O)NC12CC(C(F)(F)F)(C1)C2. The van der Waals surface area contributed by atoms with E-state index in [2.05, 4.69) is 17.2 Å². The molecule has 8 nitrogen and oxygen atoms in total. The molecule has 1 saturated heterocycles. The number of aryl methyl sites for hydroxylation is 1. The van der Waals surface area contributed by atoms with Crippen molar-refractivity contribution in [3.8, 4) is 5.75 Å². The van der Waals surface area contributed by atoms with Crippen LogP contribution < -0.4 is 10.1 Å².